The van der Waals surface area contributed by atoms with Crippen LogP contribution in [0.1, 0.15) is 13.8 Å². The van der Waals surface area contributed by atoms with Gasteiger partial charge in [-0.25, -0.2) is 13.4 Å². The summed E-state index contributed by atoms with van der Waals surface area (Å²) < 4.78 is 31.0. The molecule has 0 aliphatic heterocycles. The Bertz CT molecular complexity index is 1310. The first-order valence-corrected chi connectivity index (χ1v) is 13.3. The molecule has 0 aliphatic rings. The molecule has 188 valence electrons. The topological polar surface area (TPSA) is 126 Å². The van der Waals surface area contributed by atoms with E-state index in [1.165, 1.54) is 13.3 Å². The summed E-state index contributed by atoms with van der Waals surface area (Å²) in [6, 6.07) is 6.79. The number of sulfone groups is 1. The third kappa shape index (κ3) is 6.60. The zero-order chi connectivity index (χ0) is 25.8. The van der Waals surface area contributed by atoms with Crippen LogP contribution in [0.4, 0.5) is 28.8 Å². The molecule has 0 radical (unpaired) electrons. The number of nitrogens with one attached hydrogen (secondary N) is 3. The maximum Gasteiger partial charge on any atom is 0.238 e. The molecule has 2 aromatic heterocycles. The van der Waals surface area contributed by atoms with Crippen molar-refractivity contribution in [3.8, 4) is 5.75 Å². The van der Waals surface area contributed by atoms with E-state index in [0.717, 1.165) is 11.3 Å². The van der Waals surface area contributed by atoms with Gasteiger partial charge in [0.25, 0.3) is 0 Å². The van der Waals surface area contributed by atoms with Gasteiger partial charge in [0, 0.05) is 11.8 Å². The normalized spacial score (nSPS) is 11.5. The van der Waals surface area contributed by atoms with Crippen molar-refractivity contribution in [2.24, 2.45) is 0 Å². The van der Waals surface area contributed by atoms with Gasteiger partial charge in [0.2, 0.25) is 11.9 Å². The number of hydrogen-bond acceptors (Lipinski definition) is 10. The van der Waals surface area contributed by atoms with E-state index in [4.69, 9.17) is 16.3 Å². The number of likely N-dealkylation sites (N-methyl/N-ethyl adjacent to an activating group) is 1. The van der Waals surface area contributed by atoms with E-state index in [-0.39, 0.29) is 33.4 Å². The molecule has 0 fully saturated rings. The highest BCUT2D eigenvalue weighted by Crippen LogP contribution is 2.35. The molecule has 3 rings (SSSR count). The average molecular weight is 539 g/mol. The van der Waals surface area contributed by atoms with Crippen molar-refractivity contribution in [3.05, 3.63) is 40.9 Å². The summed E-state index contributed by atoms with van der Waals surface area (Å²) in [5, 5.41) is 10.2. The quantitative estimate of drug-likeness (QED) is 0.345. The first-order chi connectivity index (χ1) is 16.5. The fraction of sp³-hybridized carbons (Fsp3) is 0.318. The lowest BCUT2D eigenvalue weighted by Crippen LogP contribution is -2.27. The molecular formula is C22H27ClN6O4S2. The van der Waals surface area contributed by atoms with Gasteiger partial charge >= 0.3 is 0 Å². The van der Waals surface area contributed by atoms with Crippen molar-refractivity contribution in [1.82, 2.24) is 14.9 Å². The molecule has 0 aliphatic carbocycles. The van der Waals surface area contributed by atoms with Crippen LogP contribution in [0.3, 0.4) is 0 Å². The minimum atomic E-state index is -3.48. The Kier molecular flexibility index (Phi) is 8.54. The van der Waals surface area contributed by atoms with Gasteiger partial charge < -0.3 is 25.6 Å². The zero-order valence-electron chi connectivity index (χ0n) is 19.9. The molecule has 13 heteroatoms. The molecule has 0 bridgehead atoms. The standard InChI is InChI=1S/C22H27ClN6O4S2/c1-13(2)35(31,32)21-17(8-9-34-21)26-20-15(23)11-24-22(28-20)27-16-7-6-14(10-18(16)33-5)25-19(30)12-29(3)4/h6-11,13H,12H2,1-5H3,(H,25,30)(H2,24,26,27,28). The van der Waals surface area contributed by atoms with Gasteiger partial charge in [0.15, 0.2) is 15.7 Å². The highest BCUT2D eigenvalue weighted by Gasteiger charge is 2.25. The van der Waals surface area contributed by atoms with Crippen molar-refractivity contribution >= 4 is 67.5 Å². The molecular weight excluding hydrogens is 512 g/mol. The Hall–Kier alpha value is -2.93. The molecule has 10 nitrogen and oxygen atoms in total. The molecule has 3 N–H and O–H groups in total. The number of aromatic nitrogens is 2. The summed E-state index contributed by atoms with van der Waals surface area (Å²) in [5.74, 6) is 0.767. The predicted molar refractivity (Wildman–Crippen MR) is 140 cm³/mol. The fourth-order valence-corrected chi connectivity index (χ4v) is 5.79. The Morgan fingerprint density at radius 3 is 2.60 bits per heavy atom. The van der Waals surface area contributed by atoms with Gasteiger partial charge in [-0.1, -0.05) is 11.6 Å². The Balaban J connectivity index is 1.83. The summed E-state index contributed by atoms with van der Waals surface area (Å²) in [4.78, 5) is 22.4. The highest BCUT2D eigenvalue weighted by atomic mass is 35.5. The third-order valence-corrected chi connectivity index (χ3v) is 8.64. The number of carbonyl (C=O) groups excluding carboxylic acids is 1. The van der Waals surface area contributed by atoms with E-state index in [2.05, 4.69) is 25.9 Å². The molecule has 0 saturated carbocycles. The number of carbonyl (C=O) groups is 1. The van der Waals surface area contributed by atoms with Gasteiger partial charge in [0.05, 0.1) is 36.5 Å². The maximum absolute atomic E-state index is 12.7. The van der Waals surface area contributed by atoms with Crippen LogP contribution in [0.15, 0.2) is 40.1 Å². The van der Waals surface area contributed by atoms with Crippen molar-refractivity contribution in [1.29, 1.82) is 0 Å². The number of halogens is 1. The van der Waals surface area contributed by atoms with Crippen LogP contribution in [-0.2, 0) is 14.6 Å². The van der Waals surface area contributed by atoms with Crippen LogP contribution in [0.5, 0.6) is 5.75 Å². The summed E-state index contributed by atoms with van der Waals surface area (Å²) in [5.41, 5.74) is 1.53. The molecule has 0 unspecified atom stereocenters. The van der Waals surface area contributed by atoms with E-state index >= 15 is 0 Å². The minimum Gasteiger partial charge on any atom is -0.494 e. The van der Waals surface area contributed by atoms with E-state index in [0.29, 0.717) is 22.8 Å². The lowest BCUT2D eigenvalue weighted by molar-refractivity contribution is -0.116. The van der Waals surface area contributed by atoms with Crippen LogP contribution in [-0.4, -0.2) is 62.2 Å². The molecule has 0 atom stereocenters. The SMILES string of the molecule is COc1cc(NC(=O)CN(C)C)ccc1Nc1ncc(Cl)c(Nc2ccsc2S(=O)(=O)C(C)C)n1. The van der Waals surface area contributed by atoms with Crippen molar-refractivity contribution < 1.29 is 17.9 Å². The second-order valence-corrected chi connectivity index (χ2v) is 12.1. The maximum atomic E-state index is 12.7. The van der Waals surface area contributed by atoms with Crippen LogP contribution < -0.4 is 20.7 Å². The molecule has 2 heterocycles. The van der Waals surface area contributed by atoms with Gasteiger partial charge in [-0.2, -0.15) is 4.98 Å². The molecule has 0 spiro atoms. The largest absolute Gasteiger partial charge is 0.494 e. The summed E-state index contributed by atoms with van der Waals surface area (Å²) in [6.45, 7) is 3.51. The first kappa shape index (κ1) is 26.7. The number of ether oxygens (including phenoxy) is 1. The Morgan fingerprint density at radius 1 is 1.20 bits per heavy atom. The number of thiophene rings is 1. The van der Waals surface area contributed by atoms with Crippen LogP contribution in [0, 0.1) is 0 Å². The second kappa shape index (κ2) is 11.2. The Morgan fingerprint density at radius 2 is 1.94 bits per heavy atom. The van der Waals surface area contributed by atoms with E-state index in [1.54, 1.807) is 48.4 Å². The molecule has 0 saturated heterocycles. The van der Waals surface area contributed by atoms with Gasteiger partial charge in [-0.05, 0) is 51.5 Å². The summed E-state index contributed by atoms with van der Waals surface area (Å²) in [7, 11) is 1.65. The van der Waals surface area contributed by atoms with E-state index < -0.39 is 15.1 Å². The molecule has 3 aromatic rings. The molecule has 1 amide bonds. The van der Waals surface area contributed by atoms with Crippen LogP contribution in [0.2, 0.25) is 5.02 Å². The number of rotatable bonds is 10. The smallest absolute Gasteiger partial charge is 0.238 e. The Labute approximate surface area is 213 Å². The molecule has 1 aromatic carbocycles. The summed E-state index contributed by atoms with van der Waals surface area (Å²) in [6.07, 6.45) is 1.41. The first-order valence-electron chi connectivity index (χ1n) is 10.5. The number of methoxy groups -OCH3 is 1. The zero-order valence-corrected chi connectivity index (χ0v) is 22.3. The number of nitrogens with zero attached hydrogens (tertiary/aromatic N) is 3. The number of benzene rings is 1. The lowest BCUT2D eigenvalue weighted by Gasteiger charge is -2.15. The highest BCUT2D eigenvalue weighted by molar-refractivity contribution is 7.94. The summed E-state index contributed by atoms with van der Waals surface area (Å²) >= 11 is 7.41. The van der Waals surface area contributed by atoms with Gasteiger partial charge in [-0.3, -0.25) is 4.79 Å². The lowest BCUT2D eigenvalue weighted by atomic mass is 10.2. The minimum absolute atomic E-state index is 0.151. The van der Waals surface area contributed by atoms with Gasteiger partial charge in [0.1, 0.15) is 15.0 Å². The number of amides is 1. The second-order valence-electron chi connectivity index (χ2n) is 8.06. The van der Waals surface area contributed by atoms with Crippen molar-refractivity contribution in [2.45, 2.75) is 23.3 Å². The monoisotopic (exact) mass is 538 g/mol. The average Bonchev–Trinajstić information content (AvgIpc) is 3.25. The van der Waals surface area contributed by atoms with Crippen LogP contribution in [0.25, 0.3) is 0 Å². The van der Waals surface area contributed by atoms with Crippen LogP contribution >= 0.6 is 22.9 Å². The van der Waals surface area contributed by atoms with E-state index in [9.17, 15) is 13.2 Å². The fourth-order valence-electron chi connectivity index (χ4n) is 2.95. The molecule has 35 heavy (non-hydrogen) atoms. The van der Waals surface area contributed by atoms with Crippen molar-refractivity contribution in [3.63, 3.8) is 0 Å². The van der Waals surface area contributed by atoms with Crippen molar-refractivity contribution in [2.75, 3.05) is 43.7 Å². The number of hydrogen-bond donors (Lipinski definition) is 3. The van der Waals surface area contributed by atoms with Gasteiger partial charge in [-0.15, -0.1) is 11.3 Å². The number of anilines is 5. The predicted octanol–water partition coefficient (Wildman–Crippen LogP) is 4.37. The van der Waals surface area contributed by atoms with E-state index in [1.807, 2.05) is 14.1 Å². The third-order valence-electron chi connectivity index (χ3n) is 4.70.